The van der Waals surface area contributed by atoms with E-state index in [1.165, 1.54) is 18.2 Å². The Hall–Kier alpha value is -2.20. The van der Waals surface area contributed by atoms with Crippen LogP contribution in [-0.2, 0) is 0 Å². The molecule has 0 radical (unpaired) electrons. The minimum Gasteiger partial charge on any atom is -0.508 e. The summed E-state index contributed by atoms with van der Waals surface area (Å²) in [7, 11) is 0. The third-order valence-corrected chi connectivity index (χ3v) is 3.79. The lowest BCUT2D eigenvalue weighted by Crippen LogP contribution is -2.32. The highest BCUT2D eigenvalue weighted by Crippen LogP contribution is 2.32. The lowest BCUT2D eigenvalue weighted by Gasteiger charge is -2.26. The molecule has 1 atom stereocenters. The van der Waals surface area contributed by atoms with Crippen molar-refractivity contribution in [2.75, 3.05) is 6.61 Å². The third kappa shape index (κ3) is 2.81. The molecule has 2 aromatic rings. The largest absolute Gasteiger partial charge is 0.508 e. The average Bonchev–Trinajstić information content (AvgIpc) is 2.50. The van der Waals surface area contributed by atoms with Crippen LogP contribution in [-0.4, -0.2) is 17.6 Å². The molecule has 1 heterocycles. The van der Waals surface area contributed by atoms with Crippen LogP contribution in [0.1, 0.15) is 28.4 Å². The molecular weight excluding hydrogens is 290 g/mol. The standard InChI is InChI=1S/C16H14ClNO3/c17-13-6-5-10(19)9-12(13)16(20)18-14-7-8-21-15-4-2-1-3-11(14)15/h1-6,9,14,19H,7-8H2,(H,18,20). The normalized spacial score (nSPS) is 16.7. The molecular formula is C16H14ClNO3. The van der Waals surface area contributed by atoms with Gasteiger partial charge in [-0.15, -0.1) is 0 Å². The van der Waals surface area contributed by atoms with Gasteiger partial charge in [0.05, 0.1) is 23.2 Å². The number of phenolic OH excluding ortho intramolecular Hbond substituents is 1. The van der Waals surface area contributed by atoms with E-state index in [1.807, 2.05) is 24.3 Å². The third-order valence-electron chi connectivity index (χ3n) is 3.46. The molecule has 0 fully saturated rings. The number of phenols is 1. The van der Waals surface area contributed by atoms with Gasteiger partial charge in [0.2, 0.25) is 0 Å². The van der Waals surface area contributed by atoms with Crippen molar-refractivity contribution in [2.24, 2.45) is 0 Å². The van der Waals surface area contributed by atoms with Crippen molar-refractivity contribution < 1.29 is 14.6 Å². The molecule has 3 rings (SSSR count). The van der Waals surface area contributed by atoms with Crippen LogP contribution in [0.5, 0.6) is 11.5 Å². The van der Waals surface area contributed by atoms with Crippen LogP contribution in [0.15, 0.2) is 42.5 Å². The number of hydrogen-bond acceptors (Lipinski definition) is 3. The Morgan fingerprint density at radius 1 is 1.29 bits per heavy atom. The van der Waals surface area contributed by atoms with Gasteiger partial charge in [-0.25, -0.2) is 0 Å². The van der Waals surface area contributed by atoms with E-state index in [4.69, 9.17) is 16.3 Å². The minimum atomic E-state index is -0.308. The number of ether oxygens (including phenoxy) is 1. The number of hydrogen-bond donors (Lipinski definition) is 2. The molecule has 0 saturated heterocycles. The summed E-state index contributed by atoms with van der Waals surface area (Å²) in [5.41, 5.74) is 1.22. The zero-order valence-electron chi connectivity index (χ0n) is 11.2. The van der Waals surface area contributed by atoms with E-state index in [2.05, 4.69) is 5.32 Å². The predicted octanol–water partition coefficient (Wildman–Crippen LogP) is 3.30. The van der Waals surface area contributed by atoms with Gasteiger partial charge in [-0.3, -0.25) is 4.79 Å². The van der Waals surface area contributed by atoms with Gasteiger partial charge in [0.25, 0.3) is 5.91 Å². The van der Waals surface area contributed by atoms with Crippen molar-refractivity contribution in [1.82, 2.24) is 5.32 Å². The molecule has 0 spiro atoms. The zero-order valence-corrected chi connectivity index (χ0v) is 11.9. The average molecular weight is 304 g/mol. The Morgan fingerprint density at radius 3 is 2.95 bits per heavy atom. The van der Waals surface area contributed by atoms with E-state index in [9.17, 15) is 9.90 Å². The molecule has 4 nitrogen and oxygen atoms in total. The van der Waals surface area contributed by atoms with E-state index in [0.29, 0.717) is 18.1 Å². The fourth-order valence-electron chi connectivity index (χ4n) is 2.42. The van der Waals surface area contributed by atoms with Crippen LogP contribution < -0.4 is 10.1 Å². The van der Waals surface area contributed by atoms with E-state index < -0.39 is 0 Å². The van der Waals surface area contributed by atoms with Crippen LogP contribution >= 0.6 is 11.6 Å². The van der Waals surface area contributed by atoms with E-state index in [0.717, 1.165) is 11.3 Å². The lowest BCUT2D eigenvalue weighted by atomic mass is 10.00. The molecule has 2 aromatic carbocycles. The van der Waals surface area contributed by atoms with Gasteiger partial charge in [-0.2, -0.15) is 0 Å². The molecule has 1 aliphatic rings. The Bertz CT molecular complexity index is 687. The molecule has 1 aliphatic heterocycles. The predicted molar refractivity (Wildman–Crippen MR) is 79.9 cm³/mol. The summed E-state index contributed by atoms with van der Waals surface area (Å²) in [6, 6.07) is 11.8. The number of carbonyl (C=O) groups excluding carboxylic acids is 1. The number of carbonyl (C=O) groups is 1. The number of nitrogens with one attached hydrogen (secondary N) is 1. The van der Waals surface area contributed by atoms with Crippen LogP contribution in [0.2, 0.25) is 5.02 Å². The first-order valence-electron chi connectivity index (χ1n) is 6.66. The van der Waals surface area contributed by atoms with Crippen molar-refractivity contribution in [3.8, 4) is 11.5 Å². The van der Waals surface area contributed by atoms with E-state index >= 15 is 0 Å². The van der Waals surface area contributed by atoms with Gasteiger partial charge in [0.1, 0.15) is 11.5 Å². The molecule has 1 unspecified atom stereocenters. The zero-order chi connectivity index (χ0) is 14.8. The SMILES string of the molecule is O=C(NC1CCOc2ccccc21)c1cc(O)ccc1Cl. The maximum atomic E-state index is 12.3. The Kier molecular flexibility index (Phi) is 3.71. The topological polar surface area (TPSA) is 58.6 Å². The van der Waals surface area contributed by atoms with Gasteiger partial charge >= 0.3 is 0 Å². The first-order chi connectivity index (χ1) is 10.1. The smallest absolute Gasteiger partial charge is 0.253 e. The fraction of sp³-hybridized carbons (Fsp3) is 0.188. The Balaban J connectivity index is 1.84. The van der Waals surface area contributed by atoms with Crippen molar-refractivity contribution in [3.05, 3.63) is 58.6 Å². The summed E-state index contributed by atoms with van der Waals surface area (Å²) in [4.78, 5) is 12.3. The van der Waals surface area contributed by atoms with Crippen LogP contribution in [0.4, 0.5) is 0 Å². The van der Waals surface area contributed by atoms with Gasteiger partial charge in [-0.05, 0) is 24.3 Å². The van der Waals surface area contributed by atoms with Gasteiger partial charge < -0.3 is 15.2 Å². The first kappa shape index (κ1) is 13.8. The second-order valence-corrected chi connectivity index (χ2v) is 5.27. The maximum Gasteiger partial charge on any atom is 0.253 e. The second kappa shape index (κ2) is 5.66. The van der Waals surface area contributed by atoms with Crippen molar-refractivity contribution in [2.45, 2.75) is 12.5 Å². The molecule has 0 bridgehead atoms. The second-order valence-electron chi connectivity index (χ2n) is 4.87. The monoisotopic (exact) mass is 303 g/mol. The molecule has 21 heavy (non-hydrogen) atoms. The maximum absolute atomic E-state index is 12.3. The summed E-state index contributed by atoms with van der Waals surface area (Å²) in [5.74, 6) is 0.491. The van der Waals surface area contributed by atoms with E-state index in [1.54, 1.807) is 0 Å². The molecule has 0 aromatic heterocycles. The highest BCUT2D eigenvalue weighted by atomic mass is 35.5. The number of para-hydroxylation sites is 1. The summed E-state index contributed by atoms with van der Waals surface area (Å²) < 4.78 is 5.57. The van der Waals surface area contributed by atoms with Crippen LogP contribution in [0, 0.1) is 0 Å². The van der Waals surface area contributed by atoms with Gasteiger partial charge in [0.15, 0.2) is 0 Å². The summed E-state index contributed by atoms with van der Waals surface area (Å²) in [5, 5.41) is 12.7. The van der Waals surface area contributed by atoms with Crippen molar-refractivity contribution >= 4 is 17.5 Å². The highest BCUT2D eigenvalue weighted by molar-refractivity contribution is 6.33. The minimum absolute atomic E-state index is 0.0110. The number of fused-ring (bicyclic) bond motifs is 1. The van der Waals surface area contributed by atoms with Gasteiger partial charge in [-0.1, -0.05) is 29.8 Å². The van der Waals surface area contributed by atoms with Crippen molar-refractivity contribution in [1.29, 1.82) is 0 Å². The Labute approximate surface area is 127 Å². The van der Waals surface area contributed by atoms with Gasteiger partial charge in [0, 0.05) is 12.0 Å². The summed E-state index contributed by atoms with van der Waals surface area (Å²) in [6.07, 6.45) is 0.694. The highest BCUT2D eigenvalue weighted by Gasteiger charge is 2.23. The van der Waals surface area contributed by atoms with Crippen molar-refractivity contribution in [3.63, 3.8) is 0 Å². The summed E-state index contributed by atoms with van der Waals surface area (Å²) >= 11 is 6.01. The number of benzene rings is 2. The molecule has 0 aliphatic carbocycles. The quantitative estimate of drug-likeness (QED) is 0.895. The molecule has 108 valence electrons. The first-order valence-corrected chi connectivity index (χ1v) is 7.04. The Morgan fingerprint density at radius 2 is 2.10 bits per heavy atom. The summed E-state index contributed by atoms with van der Waals surface area (Å²) in [6.45, 7) is 0.551. The number of amides is 1. The van der Waals surface area contributed by atoms with E-state index in [-0.39, 0.29) is 23.3 Å². The molecule has 0 saturated carbocycles. The molecule has 2 N–H and O–H groups in total. The number of rotatable bonds is 2. The lowest BCUT2D eigenvalue weighted by molar-refractivity contribution is 0.0924. The van der Waals surface area contributed by atoms with Crippen LogP contribution in [0.25, 0.3) is 0 Å². The van der Waals surface area contributed by atoms with Crippen LogP contribution in [0.3, 0.4) is 0 Å². The molecule has 5 heteroatoms. The molecule has 1 amide bonds. The number of halogens is 1. The number of aromatic hydroxyl groups is 1. The fourth-order valence-corrected chi connectivity index (χ4v) is 2.62.